The summed E-state index contributed by atoms with van der Waals surface area (Å²) in [4.78, 5) is 2.25. The fourth-order valence-electron chi connectivity index (χ4n) is 3.41. The highest BCUT2D eigenvalue weighted by Gasteiger charge is 2.54. The van der Waals surface area contributed by atoms with Crippen LogP contribution in [-0.4, -0.2) is 33.7 Å². The predicted octanol–water partition coefficient (Wildman–Crippen LogP) is 3.08. The minimum atomic E-state index is -0.948. The topological polar surface area (TPSA) is 26.5 Å². The van der Waals surface area contributed by atoms with E-state index in [1.54, 1.807) is 0 Å². The van der Waals surface area contributed by atoms with Crippen molar-refractivity contribution in [1.29, 1.82) is 0 Å². The maximum Gasteiger partial charge on any atom is 0.316 e. The standard InChI is InChI=1S/C19H21N2OS/c1-14-6-8-16(9-7-14)19(22)13-20(18-21(19)10-11-23-18)17-5-3-4-15(2)12-17/h3-9,12,22H,10-11,13H2,1-2H3/q+1. The molecule has 2 aliphatic heterocycles. The lowest BCUT2D eigenvalue weighted by molar-refractivity contribution is -0.650. The van der Waals surface area contributed by atoms with Crippen LogP contribution in [0.3, 0.4) is 0 Å². The van der Waals surface area contributed by atoms with Gasteiger partial charge >= 0.3 is 5.17 Å². The molecular formula is C19H21N2OS+. The van der Waals surface area contributed by atoms with E-state index in [4.69, 9.17) is 0 Å². The number of β-amino-alcohol motifs (C(OH)–C–C–N with tert-alkyl or cyclic N) is 1. The summed E-state index contributed by atoms with van der Waals surface area (Å²) in [6.07, 6.45) is 0. The lowest BCUT2D eigenvalue weighted by Crippen LogP contribution is -2.41. The Kier molecular flexibility index (Phi) is 3.47. The zero-order valence-electron chi connectivity index (χ0n) is 13.5. The van der Waals surface area contributed by atoms with Gasteiger partial charge in [-0.1, -0.05) is 42.0 Å². The SMILES string of the molecule is Cc1ccc(C2(O)CN(c3cccc(C)c3)C3=[N+]2CCS3)cc1. The first-order valence-electron chi connectivity index (χ1n) is 7.99. The summed E-state index contributed by atoms with van der Waals surface area (Å²) < 4.78 is 2.16. The molecule has 4 rings (SSSR count). The average Bonchev–Trinajstić information content (AvgIpc) is 3.12. The highest BCUT2D eigenvalue weighted by atomic mass is 32.2. The number of benzene rings is 2. The second-order valence-corrected chi connectivity index (χ2v) is 7.45. The molecule has 0 bridgehead atoms. The summed E-state index contributed by atoms with van der Waals surface area (Å²) in [6.45, 7) is 5.63. The number of hydrogen-bond donors (Lipinski definition) is 1. The van der Waals surface area contributed by atoms with Gasteiger partial charge in [-0.3, -0.25) is 0 Å². The van der Waals surface area contributed by atoms with E-state index in [1.807, 2.05) is 11.8 Å². The van der Waals surface area contributed by atoms with E-state index in [0.29, 0.717) is 6.54 Å². The van der Waals surface area contributed by atoms with Crippen molar-refractivity contribution in [1.82, 2.24) is 0 Å². The van der Waals surface area contributed by atoms with E-state index in [0.717, 1.165) is 23.5 Å². The van der Waals surface area contributed by atoms with Crippen molar-refractivity contribution < 1.29 is 9.68 Å². The van der Waals surface area contributed by atoms with E-state index in [9.17, 15) is 5.11 Å². The normalized spacial score (nSPS) is 23.5. The summed E-state index contributed by atoms with van der Waals surface area (Å²) in [6, 6.07) is 16.7. The lowest BCUT2D eigenvalue weighted by Gasteiger charge is -2.23. The smallest absolute Gasteiger partial charge is 0.316 e. The number of thioether (sulfide) groups is 1. The van der Waals surface area contributed by atoms with Crippen molar-refractivity contribution >= 4 is 22.6 Å². The summed E-state index contributed by atoms with van der Waals surface area (Å²) >= 11 is 1.83. The molecule has 0 amide bonds. The van der Waals surface area contributed by atoms with Gasteiger partial charge in [0.15, 0.2) is 6.54 Å². The second-order valence-electron chi connectivity index (χ2n) is 6.39. The van der Waals surface area contributed by atoms with Gasteiger partial charge in [-0.2, -0.15) is 0 Å². The fraction of sp³-hybridized carbons (Fsp3) is 0.316. The molecule has 2 aliphatic rings. The molecule has 4 heteroatoms. The highest BCUT2D eigenvalue weighted by molar-refractivity contribution is 8.14. The number of aryl methyl sites for hydroxylation is 2. The molecule has 3 nitrogen and oxygen atoms in total. The predicted molar refractivity (Wildman–Crippen MR) is 96.2 cm³/mol. The van der Waals surface area contributed by atoms with Gasteiger partial charge in [0.25, 0.3) is 5.72 Å². The maximum atomic E-state index is 11.5. The van der Waals surface area contributed by atoms with Crippen molar-refractivity contribution in [2.45, 2.75) is 19.6 Å². The molecule has 0 spiro atoms. The third-order valence-corrected chi connectivity index (χ3v) is 5.75. The molecule has 0 aromatic heterocycles. The molecular weight excluding hydrogens is 304 g/mol. The van der Waals surface area contributed by atoms with E-state index >= 15 is 0 Å². The van der Waals surface area contributed by atoms with Gasteiger partial charge in [0.1, 0.15) is 5.69 Å². The van der Waals surface area contributed by atoms with Crippen LogP contribution in [0.25, 0.3) is 0 Å². The Morgan fingerprint density at radius 2 is 1.87 bits per heavy atom. The van der Waals surface area contributed by atoms with E-state index < -0.39 is 5.72 Å². The van der Waals surface area contributed by atoms with Gasteiger partial charge < -0.3 is 5.11 Å². The molecule has 1 atom stereocenters. The Hall–Kier alpha value is -1.78. The number of amidine groups is 1. The van der Waals surface area contributed by atoms with Crippen LogP contribution in [0.15, 0.2) is 48.5 Å². The van der Waals surface area contributed by atoms with E-state index in [1.165, 1.54) is 16.3 Å². The summed E-state index contributed by atoms with van der Waals surface area (Å²) in [5, 5.41) is 12.6. The van der Waals surface area contributed by atoms with Crippen LogP contribution >= 0.6 is 11.8 Å². The Bertz CT molecular complexity index is 784. The monoisotopic (exact) mass is 325 g/mol. The molecule has 1 N–H and O–H groups in total. The zero-order valence-corrected chi connectivity index (χ0v) is 14.3. The molecule has 0 aliphatic carbocycles. The minimum Gasteiger partial charge on any atom is -0.346 e. The lowest BCUT2D eigenvalue weighted by atomic mass is 10.0. The average molecular weight is 325 g/mol. The first kappa shape index (κ1) is 14.8. The Morgan fingerprint density at radius 3 is 2.61 bits per heavy atom. The van der Waals surface area contributed by atoms with Crippen molar-refractivity contribution in [3.05, 3.63) is 65.2 Å². The van der Waals surface area contributed by atoms with E-state index in [-0.39, 0.29) is 0 Å². The molecule has 2 heterocycles. The Morgan fingerprint density at radius 1 is 1.09 bits per heavy atom. The van der Waals surface area contributed by atoms with Gasteiger partial charge in [-0.05, 0) is 43.3 Å². The molecule has 2 aromatic carbocycles. The molecule has 0 radical (unpaired) electrons. The van der Waals surface area contributed by atoms with Crippen LogP contribution in [0.2, 0.25) is 0 Å². The number of aliphatic hydroxyl groups is 1. The molecule has 1 unspecified atom stereocenters. The van der Waals surface area contributed by atoms with Crippen LogP contribution in [0.5, 0.6) is 0 Å². The van der Waals surface area contributed by atoms with Crippen molar-refractivity contribution in [3.8, 4) is 0 Å². The quantitative estimate of drug-likeness (QED) is 0.860. The van der Waals surface area contributed by atoms with Crippen LogP contribution in [-0.2, 0) is 5.72 Å². The molecule has 118 valence electrons. The molecule has 0 fully saturated rings. The first-order chi connectivity index (χ1) is 11.1. The number of nitrogens with zero attached hydrogens (tertiary/aromatic N) is 2. The molecule has 0 saturated heterocycles. The number of hydrogen-bond acceptors (Lipinski definition) is 3. The number of rotatable bonds is 2. The van der Waals surface area contributed by atoms with Gasteiger partial charge in [0.05, 0.1) is 6.54 Å². The van der Waals surface area contributed by atoms with Crippen molar-refractivity contribution in [2.24, 2.45) is 0 Å². The van der Waals surface area contributed by atoms with Crippen molar-refractivity contribution in [3.63, 3.8) is 0 Å². The fourth-order valence-corrected chi connectivity index (χ4v) is 4.59. The third-order valence-electron chi connectivity index (χ3n) is 4.66. The Labute approximate surface area is 141 Å². The highest BCUT2D eigenvalue weighted by Crippen LogP contribution is 2.38. The Balaban J connectivity index is 1.78. The largest absolute Gasteiger partial charge is 0.346 e. The van der Waals surface area contributed by atoms with Crippen molar-refractivity contribution in [2.75, 3.05) is 23.7 Å². The summed E-state index contributed by atoms with van der Waals surface area (Å²) in [5.41, 5.74) is 3.63. The van der Waals surface area contributed by atoms with Crippen LogP contribution in [0, 0.1) is 13.8 Å². The van der Waals surface area contributed by atoms with Gasteiger partial charge in [0.2, 0.25) is 0 Å². The second kappa shape index (κ2) is 5.39. The van der Waals surface area contributed by atoms with Crippen LogP contribution in [0.4, 0.5) is 5.69 Å². The first-order valence-corrected chi connectivity index (χ1v) is 8.98. The van der Waals surface area contributed by atoms with Crippen LogP contribution in [0.1, 0.15) is 16.7 Å². The maximum absolute atomic E-state index is 11.5. The number of anilines is 1. The third kappa shape index (κ3) is 2.37. The molecule has 2 aromatic rings. The molecule has 23 heavy (non-hydrogen) atoms. The zero-order chi connectivity index (χ0) is 16.0. The summed E-state index contributed by atoms with van der Waals surface area (Å²) in [5.74, 6) is 1.02. The van der Waals surface area contributed by atoms with E-state index in [2.05, 4.69) is 71.9 Å². The summed E-state index contributed by atoms with van der Waals surface area (Å²) in [7, 11) is 0. The van der Waals surface area contributed by atoms with Crippen LogP contribution < -0.4 is 4.90 Å². The minimum absolute atomic E-state index is 0.571. The molecule has 0 saturated carbocycles. The van der Waals surface area contributed by atoms with Gasteiger partial charge in [0, 0.05) is 11.3 Å². The van der Waals surface area contributed by atoms with Gasteiger partial charge in [-0.15, -0.1) is 0 Å². The van der Waals surface area contributed by atoms with Gasteiger partial charge in [-0.25, -0.2) is 9.48 Å².